The van der Waals surface area contributed by atoms with E-state index in [9.17, 15) is 4.79 Å². The molecule has 0 aromatic heterocycles. The predicted octanol–water partition coefficient (Wildman–Crippen LogP) is 2.97. The molecule has 1 aromatic carbocycles. The molecule has 1 amide bonds. The van der Waals surface area contributed by atoms with E-state index in [4.69, 9.17) is 0 Å². The van der Waals surface area contributed by atoms with Gasteiger partial charge in [-0.15, -0.1) is 0 Å². The molecule has 1 aliphatic heterocycles. The van der Waals surface area contributed by atoms with Gasteiger partial charge in [-0.3, -0.25) is 4.79 Å². The Morgan fingerprint density at radius 2 is 1.94 bits per heavy atom. The summed E-state index contributed by atoms with van der Waals surface area (Å²) < 4.78 is 0. The molecule has 0 N–H and O–H groups in total. The highest BCUT2D eigenvalue weighted by molar-refractivity contribution is 6.01. The Labute approximate surface area is 97.3 Å². The second-order valence-electron chi connectivity index (χ2n) is 5.05. The second kappa shape index (κ2) is 3.93. The van der Waals surface area contributed by atoms with E-state index in [0.717, 1.165) is 11.3 Å². The number of nitrogens with zero attached hydrogens (tertiary/aromatic N) is 1. The first kappa shape index (κ1) is 11.2. The standard InChI is InChI=1S/C14H19NO/c1-9(2)10(3)11-5-6-12-8-14(16)15(4)13(12)7-11/h5-7,9-10H,8H2,1-4H3. The van der Waals surface area contributed by atoms with Gasteiger partial charge >= 0.3 is 0 Å². The van der Waals surface area contributed by atoms with E-state index in [-0.39, 0.29) is 5.91 Å². The zero-order chi connectivity index (χ0) is 11.9. The van der Waals surface area contributed by atoms with Crippen LogP contribution < -0.4 is 4.90 Å². The molecule has 1 atom stereocenters. The quantitative estimate of drug-likeness (QED) is 0.745. The molecule has 0 radical (unpaired) electrons. The van der Waals surface area contributed by atoms with E-state index in [2.05, 4.69) is 39.0 Å². The Bertz CT molecular complexity index is 423. The van der Waals surface area contributed by atoms with Crippen molar-refractivity contribution in [1.82, 2.24) is 0 Å². The average Bonchev–Trinajstić information content (AvgIpc) is 2.53. The molecule has 2 heteroatoms. The fraction of sp³-hybridized carbons (Fsp3) is 0.500. The monoisotopic (exact) mass is 217 g/mol. The van der Waals surface area contributed by atoms with E-state index >= 15 is 0 Å². The normalized spacial score (nSPS) is 16.8. The van der Waals surface area contributed by atoms with Crippen LogP contribution in [0.1, 0.15) is 37.8 Å². The predicted molar refractivity (Wildman–Crippen MR) is 66.8 cm³/mol. The van der Waals surface area contributed by atoms with Crippen molar-refractivity contribution in [3.05, 3.63) is 29.3 Å². The molecule has 86 valence electrons. The van der Waals surface area contributed by atoms with E-state index in [1.807, 2.05) is 7.05 Å². The molecule has 16 heavy (non-hydrogen) atoms. The van der Waals surface area contributed by atoms with Gasteiger partial charge in [0.2, 0.25) is 5.91 Å². The van der Waals surface area contributed by atoms with Crippen molar-refractivity contribution in [2.24, 2.45) is 5.92 Å². The Hall–Kier alpha value is -1.31. The van der Waals surface area contributed by atoms with Crippen molar-refractivity contribution in [3.63, 3.8) is 0 Å². The molecule has 0 bridgehead atoms. The number of carbonyl (C=O) groups is 1. The third-order valence-corrected chi connectivity index (χ3v) is 3.71. The molecule has 0 spiro atoms. The van der Waals surface area contributed by atoms with E-state index in [1.165, 1.54) is 5.56 Å². The zero-order valence-corrected chi connectivity index (χ0v) is 10.4. The summed E-state index contributed by atoms with van der Waals surface area (Å²) in [5.74, 6) is 1.36. The molecule has 1 aromatic rings. The molecule has 1 aliphatic rings. The summed E-state index contributed by atoms with van der Waals surface area (Å²) in [6.45, 7) is 6.70. The van der Waals surface area contributed by atoms with Gasteiger partial charge in [0.25, 0.3) is 0 Å². The molecule has 0 fully saturated rings. The van der Waals surface area contributed by atoms with Crippen LogP contribution in [0, 0.1) is 5.92 Å². The van der Waals surface area contributed by atoms with Gasteiger partial charge in [-0.1, -0.05) is 32.9 Å². The van der Waals surface area contributed by atoms with Crippen LogP contribution in [0.4, 0.5) is 5.69 Å². The van der Waals surface area contributed by atoms with Gasteiger partial charge in [-0.25, -0.2) is 0 Å². The van der Waals surface area contributed by atoms with Crippen LogP contribution in [0.5, 0.6) is 0 Å². The largest absolute Gasteiger partial charge is 0.315 e. The van der Waals surface area contributed by atoms with E-state index < -0.39 is 0 Å². The first-order chi connectivity index (χ1) is 7.50. The van der Waals surface area contributed by atoms with Crippen LogP contribution in [-0.4, -0.2) is 13.0 Å². The summed E-state index contributed by atoms with van der Waals surface area (Å²) in [6, 6.07) is 6.44. The molecular weight excluding hydrogens is 198 g/mol. The Morgan fingerprint density at radius 1 is 1.25 bits per heavy atom. The van der Waals surface area contributed by atoms with Gasteiger partial charge in [-0.05, 0) is 29.0 Å². The molecule has 0 saturated heterocycles. The number of hydrogen-bond donors (Lipinski definition) is 0. The number of benzene rings is 1. The lowest BCUT2D eigenvalue weighted by molar-refractivity contribution is -0.117. The fourth-order valence-corrected chi connectivity index (χ4v) is 2.13. The van der Waals surface area contributed by atoms with Crippen LogP contribution in [0.2, 0.25) is 0 Å². The molecule has 2 rings (SSSR count). The zero-order valence-electron chi connectivity index (χ0n) is 10.4. The maximum absolute atomic E-state index is 11.6. The van der Waals surface area contributed by atoms with Gasteiger partial charge < -0.3 is 4.90 Å². The van der Waals surface area contributed by atoms with Crippen molar-refractivity contribution in [2.75, 3.05) is 11.9 Å². The summed E-state index contributed by atoms with van der Waals surface area (Å²) in [6.07, 6.45) is 0.558. The molecule has 1 heterocycles. The van der Waals surface area contributed by atoms with Crippen LogP contribution in [0.15, 0.2) is 18.2 Å². The van der Waals surface area contributed by atoms with Crippen molar-refractivity contribution >= 4 is 11.6 Å². The van der Waals surface area contributed by atoms with Gasteiger partial charge in [0.1, 0.15) is 0 Å². The SMILES string of the molecule is CC(C)C(C)c1ccc2c(c1)N(C)C(=O)C2. The number of likely N-dealkylation sites (N-methyl/N-ethyl adjacent to an activating group) is 1. The maximum atomic E-state index is 11.6. The minimum atomic E-state index is 0.198. The lowest BCUT2D eigenvalue weighted by atomic mass is 9.89. The lowest BCUT2D eigenvalue weighted by Crippen LogP contribution is -2.20. The fourth-order valence-electron chi connectivity index (χ4n) is 2.13. The van der Waals surface area contributed by atoms with Crippen LogP contribution in [0.25, 0.3) is 0 Å². The summed E-state index contributed by atoms with van der Waals surface area (Å²) in [4.78, 5) is 13.3. The van der Waals surface area contributed by atoms with E-state index in [0.29, 0.717) is 18.3 Å². The average molecular weight is 217 g/mol. The lowest BCUT2D eigenvalue weighted by Gasteiger charge is -2.18. The number of anilines is 1. The topological polar surface area (TPSA) is 20.3 Å². The van der Waals surface area contributed by atoms with Gasteiger partial charge in [0.15, 0.2) is 0 Å². The van der Waals surface area contributed by atoms with Crippen LogP contribution in [0.3, 0.4) is 0 Å². The summed E-state index contributed by atoms with van der Waals surface area (Å²) in [7, 11) is 1.86. The maximum Gasteiger partial charge on any atom is 0.231 e. The van der Waals surface area contributed by atoms with Gasteiger partial charge in [-0.2, -0.15) is 0 Å². The first-order valence-electron chi connectivity index (χ1n) is 5.90. The number of hydrogen-bond acceptors (Lipinski definition) is 1. The summed E-state index contributed by atoms with van der Waals surface area (Å²) >= 11 is 0. The highest BCUT2D eigenvalue weighted by Crippen LogP contribution is 2.33. The number of rotatable bonds is 2. The minimum absolute atomic E-state index is 0.198. The highest BCUT2D eigenvalue weighted by Gasteiger charge is 2.24. The second-order valence-corrected chi connectivity index (χ2v) is 5.05. The number of fused-ring (bicyclic) bond motifs is 1. The number of carbonyl (C=O) groups excluding carboxylic acids is 1. The third kappa shape index (κ3) is 1.73. The van der Waals surface area contributed by atoms with E-state index in [1.54, 1.807) is 4.90 Å². The molecular formula is C14H19NO. The van der Waals surface area contributed by atoms with Crippen molar-refractivity contribution in [2.45, 2.75) is 33.1 Å². The van der Waals surface area contributed by atoms with Crippen LogP contribution >= 0.6 is 0 Å². The smallest absolute Gasteiger partial charge is 0.231 e. The Balaban J connectivity index is 2.37. The molecule has 0 saturated carbocycles. The highest BCUT2D eigenvalue weighted by atomic mass is 16.2. The van der Waals surface area contributed by atoms with Gasteiger partial charge in [0, 0.05) is 12.7 Å². The summed E-state index contributed by atoms with van der Waals surface area (Å²) in [5.41, 5.74) is 3.58. The minimum Gasteiger partial charge on any atom is -0.315 e. The third-order valence-electron chi connectivity index (χ3n) is 3.71. The van der Waals surface area contributed by atoms with Gasteiger partial charge in [0.05, 0.1) is 6.42 Å². The van der Waals surface area contributed by atoms with Crippen molar-refractivity contribution in [1.29, 1.82) is 0 Å². The van der Waals surface area contributed by atoms with Crippen molar-refractivity contribution < 1.29 is 4.79 Å². The summed E-state index contributed by atoms with van der Waals surface area (Å²) in [5, 5.41) is 0. The van der Waals surface area contributed by atoms with Crippen molar-refractivity contribution in [3.8, 4) is 0 Å². The molecule has 0 aliphatic carbocycles. The molecule has 2 nitrogen and oxygen atoms in total. The number of amides is 1. The Kier molecular flexibility index (Phi) is 2.75. The molecule has 1 unspecified atom stereocenters. The first-order valence-corrected chi connectivity index (χ1v) is 5.90. The van der Waals surface area contributed by atoms with Crippen LogP contribution in [-0.2, 0) is 11.2 Å². The Morgan fingerprint density at radius 3 is 2.56 bits per heavy atom.